The number of carbonyl (C=O) groups is 3. The Balaban J connectivity index is 2.52. The van der Waals surface area contributed by atoms with Gasteiger partial charge in [-0.1, -0.05) is 31.5 Å². The minimum atomic E-state index is -0.718. The van der Waals surface area contributed by atoms with E-state index in [9.17, 15) is 14.4 Å². The Morgan fingerprint density at radius 1 is 1.07 bits per heavy atom. The molecule has 148 valence electrons. The van der Waals surface area contributed by atoms with Crippen molar-refractivity contribution in [3.8, 4) is 0 Å². The second-order valence-corrected chi connectivity index (χ2v) is 6.53. The van der Waals surface area contributed by atoms with Crippen molar-refractivity contribution in [3.05, 3.63) is 58.9 Å². The minimum absolute atomic E-state index is 0.0191. The summed E-state index contributed by atoms with van der Waals surface area (Å²) in [7, 11) is 2.45. The van der Waals surface area contributed by atoms with Crippen LogP contribution in [0, 0.1) is 5.92 Å². The van der Waals surface area contributed by atoms with Gasteiger partial charge in [-0.2, -0.15) is 0 Å². The minimum Gasteiger partial charge on any atom is -0.465 e. The zero-order valence-corrected chi connectivity index (χ0v) is 16.7. The third-order valence-electron chi connectivity index (χ3n) is 3.90. The standard InChI is InChI=1S/C20H21ClN2O5/c1-12(2)18(24)22-16-9-8-13(11-15(16)21)23-10-6-5-7-14(19(25)27-3)17(23)20(26)28-4/h5-12H,1-4H3,(H,22,24). The zero-order valence-electron chi connectivity index (χ0n) is 16.0. The molecule has 0 aromatic heterocycles. The van der Waals surface area contributed by atoms with Crippen molar-refractivity contribution < 1.29 is 23.9 Å². The molecule has 1 N–H and O–H groups in total. The molecule has 2 rings (SSSR count). The Bertz CT molecular complexity index is 887. The maximum absolute atomic E-state index is 12.4. The number of rotatable bonds is 5. The number of esters is 2. The topological polar surface area (TPSA) is 84.9 Å². The van der Waals surface area contributed by atoms with E-state index >= 15 is 0 Å². The van der Waals surface area contributed by atoms with Crippen LogP contribution in [-0.4, -0.2) is 32.1 Å². The summed E-state index contributed by atoms with van der Waals surface area (Å²) in [6.45, 7) is 3.54. The van der Waals surface area contributed by atoms with Gasteiger partial charge in [0.05, 0.1) is 30.5 Å². The van der Waals surface area contributed by atoms with Gasteiger partial charge in [0.15, 0.2) is 0 Å². The molecule has 1 aromatic rings. The van der Waals surface area contributed by atoms with Crippen LogP contribution in [-0.2, 0) is 23.9 Å². The lowest BCUT2D eigenvalue weighted by Crippen LogP contribution is -2.27. The van der Waals surface area contributed by atoms with Gasteiger partial charge < -0.3 is 19.7 Å². The molecule has 0 radical (unpaired) electrons. The van der Waals surface area contributed by atoms with Gasteiger partial charge in [0.1, 0.15) is 5.70 Å². The van der Waals surface area contributed by atoms with Crippen molar-refractivity contribution in [2.75, 3.05) is 24.4 Å². The maximum Gasteiger partial charge on any atom is 0.355 e. The SMILES string of the molecule is COC(=O)C1=C(C(=O)OC)N(c2ccc(NC(=O)C(C)C)c(Cl)c2)C=CC=C1. The molecule has 0 saturated carbocycles. The lowest BCUT2D eigenvalue weighted by Gasteiger charge is -2.23. The van der Waals surface area contributed by atoms with Crippen LogP contribution < -0.4 is 10.2 Å². The first kappa shape index (κ1) is 21.2. The van der Waals surface area contributed by atoms with Gasteiger partial charge in [-0.25, -0.2) is 9.59 Å². The predicted octanol–water partition coefficient (Wildman–Crippen LogP) is 3.42. The van der Waals surface area contributed by atoms with Crippen LogP contribution in [0.2, 0.25) is 5.02 Å². The van der Waals surface area contributed by atoms with Crippen LogP contribution in [0.3, 0.4) is 0 Å². The summed E-state index contributed by atoms with van der Waals surface area (Å²) >= 11 is 6.32. The molecule has 1 aliphatic heterocycles. The van der Waals surface area contributed by atoms with Gasteiger partial charge >= 0.3 is 11.9 Å². The van der Waals surface area contributed by atoms with Crippen molar-refractivity contribution in [3.63, 3.8) is 0 Å². The van der Waals surface area contributed by atoms with Gasteiger partial charge in [0.2, 0.25) is 5.91 Å². The van der Waals surface area contributed by atoms with E-state index in [0.29, 0.717) is 11.4 Å². The first-order chi connectivity index (χ1) is 13.3. The number of amides is 1. The number of nitrogens with zero attached hydrogens (tertiary/aromatic N) is 1. The van der Waals surface area contributed by atoms with Crippen molar-refractivity contribution in [1.29, 1.82) is 0 Å². The molecule has 1 amide bonds. The molecule has 0 unspecified atom stereocenters. The van der Waals surface area contributed by atoms with Gasteiger partial charge in [0.25, 0.3) is 0 Å². The number of methoxy groups -OCH3 is 2. The smallest absolute Gasteiger partial charge is 0.355 e. The summed E-state index contributed by atoms with van der Waals surface area (Å²) in [5.41, 5.74) is 0.953. The first-order valence-electron chi connectivity index (χ1n) is 8.45. The highest BCUT2D eigenvalue weighted by molar-refractivity contribution is 6.34. The van der Waals surface area contributed by atoms with E-state index in [0.717, 1.165) is 0 Å². The number of benzene rings is 1. The number of halogens is 1. The third kappa shape index (κ3) is 4.61. The second kappa shape index (κ2) is 9.23. The number of carbonyl (C=O) groups excluding carboxylic acids is 3. The van der Waals surface area contributed by atoms with Gasteiger partial charge in [-0.3, -0.25) is 4.79 Å². The van der Waals surface area contributed by atoms with Crippen LogP contribution in [0.4, 0.5) is 11.4 Å². The van der Waals surface area contributed by atoms with Crippen LogP contribution in [0.15, 0.2) is 53.9 Å². The largest absolute Gasteiger partial charge is 0.465 e. The number of ether oxygens (including phenoxy) is 2. The first-order valence-corrected chi connectivity index (χ1v) is 8.83. The monoisotopic (exact) mass is 404 g/mol. The van der Waals surface area contributed by atoms with Crippen LogP contribution >= 0.6 is 11.6 Å². The Kier molecular flexibility index (Phi) is 7.00. The number of hydrogen-bond donors (Lipinski definition) is 1. The van der Waals surface area contributed by atoms with E-state index in [1.807, 2.05) is 0 Å². The molecule has 8 heteroatoms. The molecule has 0 atom stereocenters. The van der Waals surface area contributed by atoms with Gasteiger partial charge in [0, 0.05) is 17.8 Å². The summed E-state index contributed by atoms with van der Waals surface area (Å²) < 4.78 is 9.63. The molecule has 0 saturated heterocycles. The molecule has 28 heavy (non-hydrogen) atoms. The summed E-state index contributed by atoms with van der Waals surface area (Å²) in [4.78, 5) is 38.0. The molecular weight excluding hydrogens is 384 g/mol. The van der Waals surface area contributed by atoms with E-state index in [1.165, 1.54) is 25.2 Å². The van der Waals surface area contributed by atoms with Crippen LogP contribution in [0.5, 0.6) is 0 Å². The Morgan fingerprint density at radius 3 is 2.32 bits per heavy atom. The molecule has 7 nitrogen and oxygen atoms in total. The highest BCUT2D eigenvalue weighted by Gasteiger charge is 2.27. The molecule has 0 fully saturated rings. The molecule has 0 spiro atoms. The number of allylic oxidation sites excluding steroid dienone is 2. The number of anilines is 2. The summed E-state index contributed by atoms with van der Waals surface area (Å²) in [6.07, 6.45) is 6.32. The third-order valence-corrected chi connectivity index (χ3v) is 4.22. The Hall–Kier alpha value is -3.06. The second-order valence-electron chi connectivity index (χ2n) is 6.12. The van der Waals surface area contributed by atoms with E-state index < -0.39 is 11.9 Å². The van der Waals surface area contributed by atoms with E-state index in [1.54, 1.807) is 50.4 Å². The maximum atomic E-state index is 12.4. The average molecular weight is 405 g/mol. The lowest BCUT2D eigenvalue weighted by molar-refractivity contribution is -0.139. The predicted molar refractivity (Wildman–Crippen MR) is 107 cm³/mol. The number of nitrogens with one attached hydrogen (secondary N) is 1. The molecule has 1 aliphatic rings. The summed E-state index contributed by atoms with van der Waals surface area (Å²) in [5.74, 6) is -1.77. The normalized spacial score (nSPS) is 13.4. The van der Waals surface area contributed by atoms with Crippen molar-refractivity contribution in [1.82, 2.24) is 0 Å². The summed E-state index contributed by atoms with van der Waals surface area (Å²) in [5, 5.41) is 3.01. The quantitative estimate of drug-likeness (QED) is 0.757. The fraction of sp³-hybridized carbons (Fsp3) is 0.250. The van der Waals surface area contributed by atoms with Crippen molar-refractivity contribution in [2.24, 2.45) is 5.92 Å². The average Bonchev–Trinajstić information content (AvgIpc) is 2.91. The molecule has 1 aromatic carbocycles. The molecule has 0 aliphatic carbocycles. The Morgan fingerprint density at radius 2 is 1.75 bits per heavy atom. The molecule has 1 heterocycles. The van der Waals surface area contributed by atoms with Crippen molar-refractivity contribution in [2.45, 2.75) is 13.8 Å². The summed E-state index contributed by atoms with van der Waals surface area (Å²) in [6, 6.07) is 4.86. The fourth-order valence-corrected chi connectivity index (χ4v) is 2.62. The van der Waals surface area contributed by atoms with E-state index in [4.69, 9.17) is 21.1 Å². The van der Waals surface area contributed by atoms with Crippen molar-refractivity contribution >= 4 is 40.8 Å². The number of hydrogen-bond acceptors (Lipinski definition) is 6. The molecular formula is C20H21ClN2O5. The van der Waals surface area contributed by atoms with Gasteiger partial charge in [-0.05, 0) is 30.4 Å². The Labute approximate surface area is 168 Å². The van der Waals surface area contributed by atoms with Crippen LogP contribution in [0.1, 0.15) is 13.8 Å². The molecule has 0 bridgehead atoms. The highest BCUT2D eigenvalue weighted by Crippen LogP contribution is 2.32. The zero-order chi connectivity index (χ0) is 20.8. The van der Waals surface area contributed by atoms with E-state index in [2.05, 4.69) is 5.32 Å². The van der Waals surface area contributed by atoms with Crippen LogP contribution in [0.25, 0.3) is 0 Å². The lowest BCUT2D eigenvalue weighted by atomic mass is 10.1. The fourth-order valence-electron chi connectivity index (χ4n) is 2.40. The van der Waals surface area contributed by atoms with E-state index in [-0.39, 0.29) is 28.1 Å². The van der Waals surface area contributed by atoms with Gasteiger partial charge in [-0.15, -0.1) is 0 Å². The highest BCUT2D eigenvalue weighted by atomic mass is 35.5.